The van der Waals surface area contributed by atoms with E-state index in [9.17, 15) is 14.4 Å². The van der Waals surface area contributed by atoms with Crippen molar-refractivity contribution in [2.24, 2.45) is 9.98 Å². The van der Waals surface area contributed by atoms with Crippen LogP contribution in [0.25, 0.3) is 0 Å². The van der Waals surface area contributed by atoms with Gasteiger partial charge in [0, 0.05) is 0 Å². The Morgan fingerprint density at radius 2 is 1.80 bits per heavy atom. The molecule has 8 nitrogen and oxygen atoms in total. The molecule has 0 fully saturated rings. The van der Waals surface area contributed by atoms with Crippen molar-refractivity contribution < 1.29 is 29.7 Å². The fraction of sp³-hybridized carbons (Fsp3) is 0.294. The molecule has 0 amide bonds. The van der Waals surface area contributed by atoms with Crippen molar-refractivity contribution in [1.29, 1.82) is 0 Å². The summed E-state index contributed by atoms with van der Waals surface area (Å²) < 4.78 is 5.12. The van der Waals surface area contributed by atoms with Crippen LogP contribution in [0.5, 0.6) is 5.75 Å². The third kappa shape index (κ3) is 8.36. The van der Waals surface area contributed by atoms with E-state index >= 15 is 0 Å². The summed E-state index contributed by atoms with van der Waals surface area (Å²) in [5.74, 6) is -1.52. The van der Waals surface area contributed by atoms with E-state index in [2.05, 4.69) is 29.2 Å². The van der Waals surface area contributed by atoms with Crippen LogP contribution < -0.4 is 4.74 Å². The van der Waals surface area contributed by atoms with Crippen LogP contribution in [0.1, 0.15) is 31.1 Å². The van der Waals surface area contributed by atoms with Crippen molar-refractivity contribution in [3.8, 4) is 5.75 Å². The zero-order valence-corrected chi connectivity index (χ0v) is 14.4. The number of rotatable bonds is 6. The maximum absolute atomic E-state index is 12.0. The topological polar surface area (TPSA) is 137 Å². The molecule has 0 heterocycles. The molecule has 0 aliphatic carbocycles. The lowest BCUT2D eigenvalue weighted by molar-refractivity contribution is -0.139. The number of benzene rings is 1. The molecule has 0 aliphatic rings. The molecule has 0 bridgehead atoms. The Morgan fingerprint density at radius 1 is 1.28 bits per heavy atom. The number of ether oxygens (including phenoxy) is 1. The van der Waals surface area contributed by atoms with E-state index in [-0.39, 0.29) is 16.8 Å². The number of aromatic carboxylic acids is 1. The molecule has 0 aliphatic heterocycles. The molecule has 3 N–H and O–H groups in total. The number of esters is 1. The SMILES string of the molecule is C=C.CC(C=O)N=C=NC(C)(C)C(=O)Oc1ccc(C(=O)O)cc1.O. The van der Waals surface area contributed by atoms with Gasteiger partial charge in [0.25, 0.3) is 0 Å². The van der Waals surface area contributed by atoms with Gasteiger partial charge in [-0.05, 0) is 45.0 Å². The highest BCUT2D eigenvalue weighted by Gasteiger charge is 2.29. The molecule has 8 heteroatoms. The monoisotopic (exact) mass is 350 g/mol. The fourth-order valence-electron chi connectivity index (χ4n) is 1.22. The van der Waals surface area contributed by atoms with Crippen LogP contribution in [0.2, 0.25) is 0 Å². The number of carbonyl (C=O) groups excluding carboxylic acids is 2. The number of carboxylic acid groups (broad SMARTS) is 1. The van der Waals surface area contributed by atoms with Gasteiger partial charge in [0.1, 0.15) is 18.1 Å². The lowest BCUT2D eigenvalue weighted by Gasteiger charge is -2.15. The third-order valence-electron chi connectivity index (χ3n) is 2.60. The quantitative estimate of drug-likeness (QED) is 0.274. The van der Waals surface area contributed by atoms with Crippen LogP contribution in [-0.2, 0) is 9.59 Å². The van der Waals surface area contributed by atoms with E-state index in [1.54, 1.807) is 6.92 Å². The number of aliphatic imine (C=N–C) groups is 2. The Labute approximate surface area is 145 Å². The normalized spacial score (nSPS) is 10.5. The summed E-state index contributed by atoms with van der Waals surface area (Å²) in [7, 11) is 0. The lowest BCUT2D eigenvalue weighted by atomic mass is 10.1. The van der Waals surface area contributed by atoms with Crippen LogP contribution in [0.4, 0.5) is 0 Å². The van der Waals surface area contributed by atoms with Crippen molar-refractivity contribution >= 4 is 24.2 Å². The predicted octanol–water partition coefficient (Wildman–Crippen LogP) is 1.81. The van der Waals surface area contributed by atoms with Crippen molar-refractivity contribution in [3.05, 3.63) is 43.0 Å². The van der Waals surface area contributed by atoms with Gasteiger partial charge in [-0.1, -0.05) is 0 Å². The molecule has 1 rings (SSSR count). The lowest BCUT2D eigenvalue weighted by Crippen LogP contribution is -2.33. The summed E-state index contributed by atoms with van der Waals surface area (Å²) in [4.78, 5) is 40.7. The molecular formula is C17H22N2O6. The second-order valence-corrected chi connectivity index (χ2v) is 5.00. The highest BCUT2D eigenvalue weighted by atomic mass is 16.5. The van der Waals surface area contributed by atoms with Gasteiger partial charge in [0.2, 0.25) is 0 Å². The van der Waals surface area contributed by atoms with Crippen molar-refractivity contribution in [2.45, 2.75) is 32.4 Å². The van der Waals surface area contributed by atoms with Gasteiger partial charge >= 0.3 is 11.9 Å². The first-order valence-corrected chi connectivity index (χ1v) is 6.94. The van der Waals surface area contributed by atoms with Crippen LogP contribution in [0.15, 0.2) is 47.4 Å². The van der Waals surface area contributed by atoms with Crippen molar-refractivity contribution in [1.82, 2.24) is 0 Å². The Hall–Kier alpha value is -3.09. The largest absolute Gasteiger partial charge is 0.478 e. The van der Waals surface area contributed by atoms with E-state index in [4.69, 9.17) is 9.84 Å². The average molecular weight is 350 g/mol. The highest BCUT2D eigenvalue weighted by molar-refractivity contribution is 5.88. The van der Waals surface area contributed by atoms with E-state index in [1.807, 2.05) is 0 Å². The maximum Gasteiger partial charge on any atom is 0.339 e. The smallest absolute Gasteiger partial charge is 0.339 e. The number of carbonyl (C=O) groups is 3. The van der Waals surface area contributed by atoms with Crippen molar-refractivity contribution in [3.63, 3.8) is 0 Å². The minimum absolute atomic E-state index is 0. The minimum atomic E-state index is -1.24. The molecule has 0 saturated heterocycles. The summed E-state index contributed by atoms with van der Waals surface area (Å²) in [5.41, 5.74) is -1.15. The van der Waals surface area contributed by atoms with Crippen LogP contribution in [0, 0.1) is 0 Å². The molecule has 1 aromatic rings. The van der Waals surface area contributed by atoms with Gasteiger partial charge in [-0.3, -0.25) is 0 Å². The van der Waals surface area contributed by atoms with Crippen LogP contribution >= 0.6 is 0 Å². The third-order valence-corrected chi connectivity index (χ3v) is 2.60. The molecule has 136 valence electrons. The molecule has 0 aromatic heterocycles. The number of carboxylic acids is 1. The maximum atomic E-state index is 12.0. The Balaban J connectivity index is 0. The van der Waals surface area contributed by atoms with Gasteiger partial charge in [-0.25, -0.2) is 19.6 Å². The highest BCUT2D eigenvalue weighted by Crippen LogP contribution is 2.17. The molecule has 0 saturated carbocycles. The summed E-state index contributed by atoms with van der Waals surface area (Å²) >= 11 is 0. The zero-order valence-electron chi connectivity index (χ0n) is 14.4. The molecule has 0 spiro atoms. The predicted molar refractivity (Wildman–Crippen MR) is 93.4 cm³/mol. The Kier molecular flexibility index (Phi) is 11.1. The van der Waals surface area contributed by atoms with E-state index in [0.29, 0.717) is 6.29 Å². The van der Waals surface area contributed by atoms with Crippen molar-refractivity contribution in [2.75, 3.05) is 0 Å². The Morgan fingerprint density at radius 3 is 2.24 bits per heavy atom. The van der Waals surface area contributed by atoms with Gasteiger partial charge in [0.05, 0.1) is 11.6 Å². The van der Waals surface area contributed by atoms with Crippen LogP contribution in [0.3, 0.4) is 0 Å². The Bertz CT molecular complexity index is 646. The van der Waals surface area contributed by atoms with Gasteiger partial charge in [-0.2, -0.15) is 0 Å². The number of nitrogens with zero attached hydrogens (tertiary/aromatic N) is 2. The van der Waals surface area contributed by atoms with E-state index in [1.165, 1.54) is 38.1 Å². The molecule has 1 aromatic carbocycles. The average Bonchev–Trinajstić information content (AvgIpc) is 2.56. The standard InChI is InChI=1S/C15H16N2O5.C2H4.H2O/c1-10(8-18)16-9-17-15(2,3)14(21)22-12-6-4-11(5-7-12)13(19)20;1-2;/h4-8,10H,1-3H3,(H,19,20);1-2H2;1H2. The van der Waals surface area contributed by atoms with Gasteiger partial charge in [0.15, 0.2) is 5.54 Å². The second kappa shape index (κ2) is 11.4. The molecular weight excluding hydrogens is 328 g/mol. The van der Waals surface area contributed by atoms with E-state index < -0.39 is 23.5 Å². The first-order valence-electron chi connectivity index (χ1n) is 6.94. The summed E-state index contributed by atoms with van der Waals surface area (Å²) in [6, 6.07) is 7.14. The summed E-state index contributed by atoms with van der Waals surface area (Å²) in [6.07, 6.45) is 0.623. The summed E-state index contributed by atoms with van der Waals surface area (Å²) in [6.45, 7) is 10.6. The molecule has 1 atom stereocenters. The fourth-order valence-corrected chi connectivity index (χ4v) is 1.22. The van der Waals surface area contributed by atoms with Gasteiger partial charge < -0.3 is 20.1 Å². The van der Waals surface area contributed by atoms with E-state index in [0.717, 1.165) is 0 Å². The second-order valence-electron chi connectivity index (χ2n) is 5.00. The number of hydrogen-bond donors (Lipinski definition) is 1. The zero-order chi connectivity index (χ0) is 18.8. The molecule has 25 heavy (non-hydrogen) atoms. The first-order chi connectivity index (χ1) is 11.3. The number of aldehydes is 1. The summed E-state index contributed by atoms with van der Waals surface area (Å²) in [5, 5.41) is 8.78. The van der Waals surface area contributed by atoms with Crippen LogP contribution in [-0.4, -0.2) is 46.4 Å². The molecule has 0 radical (unpaired) electrons. The first kappa shape index (κ1) is 24.2. The minimum Gasteiger partial charge on any atom is -0.478 e. The number of hydrogen-bond acceptors (Lipinski definition) is 6. The molecule has 1 unspecified atom stereocenters. The van der Waals surface area contributed by atoms with Gasteiger partial charge in [-0.15, -0.1) is 13.2 Å².